The van der Waals surface area contributed by atoms with Gasteiger partial charge in [0.25, 0.3) is 0 Å². The Morgan fingerprint density at radius 1 is 1.12 bits per heavy atom. The van der Waals surface area contributed by atoms with E-state index in [9.17, 15) is 5.11 Å². The van der Waals surface area contributed by atoms with Crippen LogP contribution >= 0.6 is 0 Å². The van der Waals surface area contributed by atoms with Gasteiger partial charge >= 0.3 is 0 Å². The SMILES string of the molecule is COc1ccc2ccccc2c1CNC(C)CC(O)c1ccco1. The monoisotopic (exact) mass is 325 g/mol. The third-order valence-electron chi connectivity index (χ3n) is 4.29. The maximum absolute atomic E-state index is 10.2. The molecule has 4 heteroatoms. The molecule has 2 aromatic carbocycles. The summed E-state index contributed by atoms with van der Waals surface area (Å²) in [6.07, 6.45) is 1.56. The molecule has 0 spiro atoms. The van der Waals surface area contributed by atoms with E-state index in [1.54, 1.807) is 25.5 Å². The Kier molecular flexibility index (Phi) is 5.18. The second-order valence-corrected chi connectivity index (χ2v) is 6.02. The molecule has 0 bridgehead atoms. The lowest BCUT2D eigenvalue weighted by molar-refractivity contribution is 0.128. The predicted octanol–water partition coefficient (Wildman–Crippen LogP) is 4.04. The van der Waals surface area contributed by atoms with E-state index in [1.807, 2.05) is 18.2 Å². The fraction of sp³-hybridized carbons (Fsp3) is 0.300. The summed E-state index contributed by atoms with van der Waals surface area (Å²) in [5, 5.41) is 16.0. The summed E-state index contributed by atoms with van der Waals surface area (Å²) in [5.41, 5.74) is 1.13. The lowest BCUT2D eigenvalue weighted by Gasteiger charge is -2.19. The summed E-state index contributed by atoms with van der Waals surface area (Å²) < 4.78 is 10.8. The molecule has 0 aliphatic carbocycles. The number of rotatable bonds is 7. The summed E-state index contributed by atoms with van der Waals surface area (Å²) in [7, 11) is 1.69. The highest BCUT2D eigenvalue weighted by Crippen LogP contribution is 2.28. The third-order valence-corrected chi connectivity index (χ3v) is 4.29. The van der Waals surface area contributed by atoms with Gasteiger partial charge in [0.2, 0.25) is 0 Å². The molecule has 0 radical (unpaired) electrons. The molecular formula is C20H23NO3. The van der Waals surface area contributed by atoms with Crippen LogP contribution in [0.4, 0.5) is 0 Å². The molecule has 0 fully saturated rings. The van der Waals surface area contributed by atoms with Gasteiger partial charge < -0.3 is 19.6 Å². The maximum atomic E-state index is 10.2. The molecular weight excluding hydrogens is 302 g/mol. The van der Waals surface area contributed by atoms with Crippen molar-refractivity contribution in [2.75, 3.05) is 7.11 Å². The van der Waals surface area contributed by atoms with Crippen molar-refractivity contribution in [3.63, 3.8) is 0 Å². The molecule has 0 aliphatic rings. The minimum absolute atomic E-state index is 0.133. The van der Waals surface area contributed by atoms with E-state index in [4.69, 9.17) is 9.15 Å². The molecule has 0 saturated heterocycles. The summed E-state index contributed by atoms with van der Waals surface area (Å²) >= 11 is 0. The Balaban J connectivity index is 1.70. The minimum atomic E-state index is -0.600. The van der Waals surface area contributed by atoms with Crippen molar-refractivity contribution in [2.24, 2.45) is 0 Å². The van der Waals surface area contributed by atoms with Gasteiger partial charge in [-0.05, 0) is 42.3 Å². The van der Waals surface area contributed by atoms with Gasteiger partial charge in [-0.3, -0.25) is 0 Å². The van der Waals surface area contributed by atoms with E-state index in [1.165, 1.54) is 10.8 Å². The van der Waals surface area contributed by atoms with Crippen LogP contribution in [0, 0.1) is 0 Å². The van der Waals surface area contributed by atoms with E-state index in [0.717, 1.165) is 11.3 Å². The van der Waals surface area contributed by atoms with Crippen molar-refractivity contribution in [2.45, 2.75) is 32.0 Å². The van der Waals surface area contributed by atoms with Crippen LogP contribution in [0.2, 0.25) is 0 Å². The van der Waals surface area contributed by atoms with Crippen molar-refractivity contribution < 1.29 is 14.3 Å². The minimum Gasteiger partial charge on any atom is -0.496 e. The van der Waals surface area contributed by atoms with E-state index in [-0.39, 0.29) is 6.04 Å². The molecule has 2 unspecified atom stereocenters. The standard InChI is InChI=1S/C20H23NO3/c1-14(12-18(22)20-8-5-11-24-20)21-13-17-16-7-4-3-6-15(16)9-10-19(17)23-2/h3-11,14,18,21-22H,12-13H2,1-2H3. The van der Waals surface area contributed by atoms with E-state index < -0.39 is 6.10 Å². The molecule has 2 N–H and O–H groups in total. The van der Waals surface area contributed by atoms with Gasteiger partial charge in [-0.15, -0.1) is 0 Å². The number of furan rings is 1. The number of aliphatic hydroxyl groups is 1. The zero-order chi connectivity index (χ0) is 16.9. The summed E-state index contributed by atoms with van der Waals surface area (Å²) in [5.74, 6) is 1.48. The molecule has 3 rings (SSSR count). The number of ether oxygens (including phenoxy) is 1. The molecule has 2 atom stereocenters. The van der Waals surface area contributed by atoms with Crippen LogP contribution in [-0.4, -0.2) is 18.3 Å². The molecule has 3 aromatic rings. The average Bonchev–Trinajstić information content (AvgIpc) is 3.14. The molecule has 0 aliphatic heterocycles. The number of nitrogens with one attached hydrogen (secondary N) is 1. The number of fused-ring (bicyclic) bond motifs is 1. The van der Waals surface area contributed by atoms with Crippen LogP contribution < -0.4 is 10.1 Å². The first-order valence-electron chi connectivity index (χ1n) is 8.18. The van der Waals surface area contributed by atoms with Crippen molar-refractivity contribution in [1.82, 2.24) is 5.32 Å². The van der Waals surface area contributed by atoms with E-state index >= 15 is 0 Å². The fourth-order valence-electron chi connectivity index (χ4n) is 2.98. The molecule has 1 heterocycles. The maximum Gasteiger partial charge on any atom is 0.132 e. The lowest BCUT2D eigenvalue weighted by Crippen LogP contribution is -2.27. The quantitative estimate of drug-likeness (QED) is 0.688. The fourth-order valence-corrected chi connectivity index (χ4v) is 2.98. The number of benzene rings is 2. The average molecular weight is 325 g/mol. The topological polar surface area (TPSA) is 54.6 Å². The van der Waals surface area contributed by atoms with E-state index in [0.29, 0.717) is 18.7 Å². The predicted molar refractivity (Wildman–Crippen MR) is 95.1 cm³/mol. The third kappa shape index (κ3) is 3.61. The van der Waals surface area contributed by atoms with Gasteiger partial charge in [0.15, 0.2) is 0 Å². The van der Waals surface area contributed by atoms with E-state index in [2.05, 4.69) is 30.4 Å². The second-order valence-electron chi connectivity index (χ2n) is 6.02. The van der Waals surface area contributed by atoms with Gasteiger partial charge in [0.1, 0.15) is 17.6 Å². The van der Waals surface area contributed by atoms with Crippen LogP contribution in [0.3, 0.4) is 0 Å². The first-order valence-corrected chi connectivity index (χ1v) is 8.18. The van der Waals surface area contributed by atoms with Crippen molar-refractivity contribution in [1.29, 1.82) is 0 Å². The summed E-state index contributed by atoms with van der Waals surface area (Å²) in [4.78, 5) is 0. The first kappa shape index (κ1) is 16.6. The van der Waals surface area contributed by atoms with Crippen molar-refractivity contribution in [3.05, 3.63) is 66.1 Å². The smallest absolute Gasteiger partial charge is 0.132 e. The largest absolute Gasteiger partial charge is 0.496 e. The van der Waals surface area contributed by atoms with Crippen LogP contribution in [0.15, 0.2) is 59.2 Å². The summed E-state index contributed by atoms with van der Waals surface area (Å²) in [6, 6.07) is 16.1. The molecule has 126 valence electrons. The van der Waals surface area contributed by atoms with Crippen molar-refractivity contribution in [3.8, 4) is 5.75 Å². The second kappa shape index (κ2) is 7.51. The van der Waals surface area contributed by atoms with Crippen LogP contribution in [0.25, 0.3) is 10.8 Å². The molecule has 24 heavy (non-hydrogen) atoms. The Hall–Kier alpha value is -2.30. The highest BCUT2D eigenvalue weighted by molar-refractivity contribution is 5.87. The zero-order valence-electron chi connectivity index (χ0n) is 14.0. The molecule has 4 nitrogen and oxygen atoms in total. The van der Waals surface area contributed by atoms with Gasteiger partial charge in [0, 0.05) is 18.2 Å². The Morgan fingerprint density at radius 3 is 2.71 bits per heavy atom. The van der Waals surface area contributed by atoms with Crippen molar-refractivity contribution >= 4 is 10.8 Å². The zero-order valence-corrected chi connectivity index (χ0v) is 14.0. The number of hydrogen-bond acceptors (Lipinski definition) is 4. The Morgan fingerprint density at radius 2 is 1.96 bits per heavy atom. The van der Waals surface area contributed by atoms with Crippen LogP contribution in [0.1, 0.15) is 30.8 Å². The Labute approximate surface area is 142 Å². The number of methoxy groups -OCH3 is 1. The van der Waals surface area contributed by atoms with Crippen LogP contribution in [0.5, 0.6) is 5.75 Å². The van der Waals surface area contributed by atoms with Gasteiger partial charge in [-0.1, -0.05) is 30.3 Å². The Bertz CT molecular complexity index is 783. The van der Waals surface area contributed by atoms with Crippen LogP contribution in [-0.2, 0) is 6.54 Å². The van der Waals surface area contributed by atoms with Gasteiger partial charge in [-0.25, -0.2) is 0 Å². The summed E-state index contributed by atoms with van der Waals surface area (Å²) in [6.45, 7) is 2.74. The van der Waals surface area contributed by atoms with Gasteiger partial charge in [-0.2, -0.15) is 0 Å². The molecule has 0 saturated carbocycles. The molecule has 0 amide bonds. The molecule has 1 aromatic heterocycles. The normalized spacial score (nSPS) is 13.8. The first-order chi connectivity index (χ1) is 11.7. The highest BCUT2D eigenvalue weighted by Gasteiger charge is 2.15. The number of hydrogen-bond donors (Lipinski definition) is 2. The highest BCUT2D eigenvalue weighted by atomic mass is 16.5. The number of aliphatic hydroxyl groups excluding tert-OH is 1. The van der Waals surface area contributed by atoms with Gasteiger partial charge in [0.05, 0.1) is 13.4 Å². The lowest BCUT2D eigenvalue weighted by atomic mass is 10.0.